The minimum Gasteiger partial charge on any atom is -0.395 e. The Kier molecular flexibility index (Phi) is 5.35. The molecule has 2 rings (SSSR count). The fourth-order valence-electron chi connectivity index (χ4n) is 2.14. The molecule has 2 N–H and O–H groups in total. The van der Waals surface area contributed by atoms with Crippen LogP contribution >= 0.6 is 11.6 Å². The highest BCUT2D eigenvalue weighted by Gasteiger charge is 2.20. The van der Waals surface area contributed by atoms with E-state index in [1.54, 1.807) is 25.1 Å². The van der Waals surface area contributed by atoms with Crippen LogP contribution in [0.5, 0.6) is 0 Å². The predicted octanol–water partition coefficient (Wildman–Crippen LogP) is 2.66. The molecule has 0 bridgehead atoms. The molecule has 0 unspecified atom stereocenters. The molecule has 1 amide bonds. The summed E-state index contributed by atoms with van der Waals surface area (Å²) in [5, 5.41) is 9.68. The minimum atomic E-state index is -0.240. The first-order chi connectivity index (χ1) is 10.6. The van der Waals surface area contributed by atoms with Crippen LogP contribution in [0.2, 0.25) is 5.02 Å². The molecule has 116 valence electrons. The molecule has 0 saturated carbocycles. The Morgan fingerprint density at radius 2 is 2.32 bits per heavy atom. The highest BCUT2D eigenvalue weighted by molar-refractivity contribution is 6.30. The molecule has 22 heavy (non-hydrogen) atoms. The van der Waals surface area contributed by atoms with Crippen molar-refractivity contribution >= 4 is 17.5 Å². The van der Waals surface area contributed by atoms with Gasteiger partial charge in [-0.2, -0.15) is 0 Å². The largest absolute Gasteiger partial charge is 0.395 e. The zero-order valence-electron chi connectivity index (χ0n) is 12.3. The standard InChI is InChI=1S/C16H18ClN3O2/c1-3-7-20(8-9-21)16(22)14-11(2)18-15(19-14)12-5-4-6-13(17)10-12/h3-6,10,21H,1,7-9H2,2H3,(H,18,19). The molecular formula is C16H18ClN3O2. The number of aliphatic hydroxyl groups is 1. The third-order valence-electron chi connectivity index (χ3n) is 3.19. The van der Waals surface area contributed by atoms with Crippen LogP contribution in [-0.2, 0) is 0 Å². The summed E-state index contributed by atoms with van der Waals surface area (Å²) in [5.74, 6) is 0.349. The first-order valence-corrected chi connectivity index (χ1v) is 7.28. The lowest BCUT2D eigenvalue weighted by Crippen LogP contribution is -2.34. The number of aryl methyl sites for hydroxylation is 1. The molecule has 0 saturated heterocycles. The quantitative estimate of drug-likeness (QED) is 0.804. The number of nitrogens with zero attached hydrogens (tertiary/aromatic N) is 2. The molecule has 5 nitrogen and oxygen atoms in total. The van der Waals surface area contributed by atoms with Crippen molar-refractivity contribution in [2.45, 2.75) is 6.92 Å². The van der Waals surface area contributed by atoms with Crippen molar-refractivity contribution in [2.75, 3.05) is 19.7 Å². The van der Waals surface area contributed by atoms with Gasteiger partial charge in [0.1, 0.15) is 11.5 Å². The summed E-state index contributed by atoms with van der Waals surface area (Å²) in [6, 6.07) is 7.25. The Hall–Kier alpha value is -2.11. The number of carbonyl (C=O) groups excluding carboxylic acids is 1. The Morgan fingerprint density at radius 1 is 1.55 bits per heavy atom. The van der Waals surface area contributed by atoms with Crippen LogP contribution in [0, 0.1) is 6.92 Å². The average molecular weight is 320 g/mol. The number of aromatic amines is 1. The Labute approximate surface area is 134 Å². The summed E-state index contributed by atoms with van der Waals surface area (Å²) in [4.78, 5) is 21.5. The molecular weight excluding hydrogens is 302 g/mol. The summed E-state index contributed by atoms with van der Waals surface area (Å²) >= 11 is 5.98. The van der Waals surface area contributed by atoms with E-state index in [1.807, 2.05) is 12.1 Å². The lowest BCUT2D eigenvalue weighted by molar-refractivity contribution is 0.0737. The lowest BCUT2D eigenvalue weighted by atomic mass is 10.2. The van der Waals surface area contributed by atoms with Gasteiger partial charge in [-0.3, -0.25) is 4.79 Å². The first-order valence-electron chi connectivity index (χ1n) is 6.90. The number of hydrogen-bond donors (Lipinski definition) is 2. The number of imidazole rings is 1. The fraction of sp³-hybridized carbons (Fsp3) is 0.250. The number of halogens is 1. The second-order valence-corrected chi connectivity index (χ2v) is 5.27. The molecule has 0 fully saturated rings. The van der Waals surface area contributed by atoms with E-state index in [9.17, 15) is 4.79 Å². The van der Waals surface area contributed by atoms with Gasteiger partial charge >= 0.3 is 0 Å². The van der Waals surface area contributed by atoms with Crippen molar-refractivity contribution in [1.82, 2.24) is 14.9 Å². The normalized spacial score (nSPS) is 10.5. The monoisotopic (exact) mass is 319 g/mol. The van der Waals surface area contributed by atoms with E-state index in [2.05, 4.69) is 16.5 Å². The summed E-state index contributed by atoms with van der Waals surface area (Å²) < 4.78 is 0. The summed E-state index contributed by atoms with van der Waals surface area (Å²) in [7, 11) is 0. The Balaban J connectivity index is 2.32. The summed E-state index contributed by atoms with van der Waals surface area (Å²) in [6.07, 6.45) is 1.62. The smallest absolute Gasteiger partial charge is 0.274 e. The highest BCUT2D eigenvalue weighted by Crippen LogP contribution is 2.22. The van der Waals surface area contributed by atoms with Gasteiger partial charge in [0.05, 0.1) is 6.61 Å². The Bertz CT molecular complexity index is 682. The molecule has 0 atom stereocenters. The van der Waals surface area contributed by atoms with Crippen LogP contribution in [0.25, 0.3) is 11.4 Å². The van der Waals surface area contributed by atoms with Crippen molar-refractivity contribution in [1.29, 1.82) is 0 Å². The van der Waals surface area contributed by atoms with Crippen LogP contribution in [0.3, 0.4) is 0 Å². The van der Waals surface area contributed by atoms with Gasteiger partial charge in [0.15, 0.2) is 0 Å². The Morgan fingerprint density at radius 3 is 2.95 bits per heavy atom. The van der Waals surface area contributed by atoms with E-state index < -0.39 is 0 Å². The van der Waals surface area contributed by atoms with Gasteiger partial charge in [-0.1, -0.05) is 29.8 Å². The van der Waals surface area contributed by atoms with Crippen molar-refractivity contribution in [3.05, 3.63) is 53.3 Å². The van der Waals surface area contributed by atoms with Gasteiger partial charge in [0.2, 0.25) is 0 Å². The predicted molar refractivity (Wildman–Crippen MR) is 87.0 cm³/mol. The number of amides is 1. The van der Waals surface area contributed by atoms with E-state index in [0.717, 1.165) is 5.56 Å². The molecule has 0 aliphatic carbocycles. The zero-order chi connectivity index (χ0) is 16.1. The third kappa shape index (κ3) is 3.55. The number of benzene rings is 1. The first kappa shape index (κ1) is 16.3. The topological polar surface area (TPSA) is 69.2 Å². The maximum Gasteiger partial charge on any atom is 0.274 e. The van der Waals surface area contributed by atoms with E-state index in [-0.39, 0.29) is 19.1 Å². The van der Waals surface area contributed by atoms with Crippen molar-refractivity contribution < 1.29 is 9.90 Å². The van der Waals surface area contributed by atoms with Crippen LogP contribution in [0.1, 0.15) is 16.2 Å². The second-order valence-electron chi connectivity index (χ2n) is 4.83. The number of nitrogens with one attached hydrogen (secondary N) is 1. The number of hydrogen-bond acceptors (Lipinski definition) is 3. The van der Waals surface area contributed by atoms with Crippen molar-refractivity contribution in [3.63, 3.8) is 0 Å². The van der Waals surface area contributed by atoms with Crippen molar-refractivity contribution in [2.24, 2.45) is 0 Å². The van der Waals surface area contributed by atoms with Crippen LogP contribution in [0.4, 0.5) is 0 Å². The van der Waals surface area contributed by atoms with Crippen LogP contribution in [-0.4, -0.2) is 45.6 Å². The van der Waals surface area contributed by atoms with E-state index in [0.29, 0.717) is 28.8 Å². The number of carbonyl (C=O) groups is 1. The molecule has 2 aromatic rings. The number of aromatic nitrogens is 2. The molecule has 0 aliphatic heterocycles. The van der Waals surface area contributed by atoms with Gasteiger partial charge in [-0.25, -0.2) is 4.98 Å². The van der Waals surface area contributed by atoms with Gasteiger partial charge in [0, 0.05) is 29.4 Å². The average Bonchev–Trinajstić information content (AvgIpc) is 2.88. The molecule has 1 aromatic carbocycles. The SMILES string of the molecule is C=CCN(CCO)C(=O)c1nc(-c2cccc(Cl)c2)[nH]c1C. The molecule has 0 radical (unpaired) electrons. The van der Waals surface area contributed by atoms with Gasteiger partial charge < -0.3 is 15.0 Å². The zero-order valence-corrected chi connectivity index (χ0v) is 13.1. The fourth-order valence-corrected chi connectivity index (χ4v) is 2.33. The lowest BCUT2D eigenvalue weighted by Gasteiger charge is -2.18. The molecule has 0 spiro atoms. The van der Waals surface area contributed by atoms with E-state index in [4.69, 9.17) is 16.7 Å². The number of aliphatic hydroxyl groups excluding tert-OH is 1. The summed E-state index contributed by atoms with van der Waals surface area (Å²) in [5.41, 5.74) is 1.82. The van der Waals surface area contributed by atoms with E-state index in [1.165, 1.54) is 4.90 Å². The van der Waals surface area contributed by atoms with Crippen molar-refractivity contribution in [3.8, 4) is 11.4 Å². The van der Waals surface area contributed by atoms with E-state index >= 15 is 0 Å². The molecule has 1 aromatic heterocycles. The van der Waals surface area contributed by atoms with Gasteiger partial charge in [-0.05, 0) is 19.1 Å². The molecule has 6 heteroatoms. The number of rotatable bonds is 6. The van der Waals surface area contributed by atoms with Crippen LogP contribution < -0.4 is 0 Å². The maximum atomic E-state index is 12.5. The van der Waals surface area contributed by atoms with Gasteiger partial charge in [0.25, 0.3) is 5.91 Å². The number of H-pyrrole nitrogens is 1. The van der Waals surface area contributed by atoms with Crippen LogP contribution in [0.15, 0.2) is 36.9 Å². The summed E-state index contributed by atoms with van der Waals surface area (Å²) in [6.45, 7) is 5.91. The highest BCUT2D eigenvalue weighted by atomic mass is 35.5. The van der Waals surface area contributed by atoms with Gasteiger partial charge in [-0.15, -0.1) is 6.58 Å². The third-order valence-corrected chi connectivity index (χ3v) is 3.43. The molecule has 0 aliphatic rings. The molecule has 1 heterocycles. The maximum absolute atomic E-state index is 12.5. The second kappa shape index (κ2) is 7.24. The minimum absolute atomic E-state index is 0.107.